The predicted molar refractivity (Wildman–Crippen MR) is 126 cm³/mol. The molecule has 0 fully saturated rings. The Morgan fingerprint density at radius 2 is 2.10 bits per heavy atom. The van der Waals surface area contributed by atoms with Crippen molar-refractivity contribution in [1.29, 1.82) is 0 Å². The van der Waals surface area contributed by atoms with E-state index in [-0.39, 0.29) is 11.5 Å². The molecule has 30 heavy (non-hydrogen) atoms. The molecular weight excluding hydrogens is 457 g/mol. The maximum Gasteiger partial charge on any atom is 0.265 e. The number of nitrogens with one attached hydrogen (secondary N) is 1. The Labute approximate surface area is 187 Å². The van der Waals surface area contributed by atoms with E-state index >= 15 is 0 Å². The van der Waals surface area contributed by atoms with Gasteiger partial charge in [-0.1, -0.05) is 17.8 Å². The maximum absolute atomic E-state index is 12.2. The van der Waals surface area contributed by atoms with Gasteiger partial charge in [-0.15, -0.1) is 34.0 Å². The average molecular weight is 471 g/mol. The average Bonchev–Trinajstić information content (AvgIpc) is 3.45. The number of anilines is 1. The van der Waals surface area contributed by atoms with Crippen LogP contribution in [0.3, 0.4) is 0 Å². The summed E-state index contributed by atoms with van der Waals surface area (Å²) >= 11 is 6.04. The summed E-state index contributed by atoms with van der Waals surface area (Å²) in [6.45, 7) is 1.96. The molecule has 0 aliphatic heterocycles. The van der Waals surface area contributed by atoms with Crippen LogP contribution >= 0.6 is 45.8 Å². The molecule has 1 aromatic carbocycles. The van der Waals surface area contributed by atoms with Crippen LogP contribution < -0.4 is 10.9 Å². The number of hydrogen-bond donors (Lipinski definition) is 1. The lowest BCUT2D eigenvalue weighted by Gasteiger charge is -2.02. The molecule has 0 radical (unpaired) electrons. The molecule has 1 N–H and O–H groups in total. The van der Waals surface area contributed by atoms with Crippen LogP contribution in [0.5, 0.6) is 0 Å². The molecule has 0 aliphatic carbocycles. The van der Waals surface area contributed by atoms with Crippen LogP contribution in [0.15, 0.2) is 57.1 Å². The standard InChI is InChI=1S/C20H14N4O2S4/c1-11-9-24-17(25)8-13(22-19(24)29-11)10-28-20-23-14-5-4-12(7-16(14)30-20)21-18(26)15-3-2-6-27-15/h2-9H,10H2,1H3,(H,21,26). The third-order valence-electron chi connectivity index (χ3n) is 4.25. The van der Waals surface area contributed by atoms with E-state index in [1.165, 1.54) is 22.7 Å². The summed E-state index contributed by atoms with van der Waals surface area (Å²) in [6.07, 6.45) is 1.81. The van der Waals surface area contributed by atoms with Crippen LogP contribution in [0.25, 0.3) is 15.2 Å². The minimum Gasteiger partial charge on any atom is -0.321 e. The number of nitrogens with zero attached hydrogens (tertiary/aromatic N) is 3. The van der Waals surface area contributed by atoms with Gasteiger partial charge in [-0.2, -0.15) is 0 Å². The highest BCUT2D eigenvalue weighted by Gasteiger charge is 2.11. The second kappa shape index (κ2) is 7.95. The summed E-state index contributed by atoms with van der Waals surface area (Å²) in [5.41, 5.74) is 2.31. The topological polar surface area (TPSA) is 76.4 Å². The number of benzene rings is 1. The van der Waals surface area contributed by atoms with E-state index in [1.807, 2.05) is 42.8 Å². The number of aromatic nitrogens is 3. The summed E-state index contributed by atoms with van der Waals surface area (Å²) in [6, 6.07) is 10.9. The van der Waals surface area contributed by atoms with E-state index in [2.05, 4.69) is 15.3 Å². The number of rotatable bonds is 5. The first-order valence-electron chi connectivity index (χ1n) is 8.92. The zero-order valence-electron chi connectivity index (χ0n) is 15.6. The van der Waals surface area contributed by atoms with Gasteiger partial charge in [0.15, 0.2) is 9.30 Å². The third kappa shape index (κ3) is 3.91. The molecule has 5 rings (SSSR count). The smallest absolute Gasteiger partial charge is 0.265 e. The van der Waals surface area contributed by atoms with Crippen molar-refractivity contribution in [3.05, 3.63) is 73.8 Å². The molecule has 10 heteroatoms. The molecule has 4 heterocycles. The van der Waals surface area contributed by atoms with Crippen LogP contribution in [-0.4, -0.2) is 20.3 Å². The second-order valence-electron chi connectivity index (χ2n) is 6.46. The van der Waals surface area contributed by atoms with Crippen LogP contribution in [0.1, 0.15) is 20.2 Å². The Hall–Kier alpha value is -2.53. The Kier molecular flexibility index (Phi) is 5.15. The van der Waals surface area contributed by atoms with Crippen LogP contribution in [0.4, 0.5) is 5.69 Å². The van der Waals surface area contributed by atoms with E-state index in [4.69, 9.17) is 0 Å². The van der Waals surface area contributed by atoms with Crippen molar-refractivity contribution >= 4 is 72.5 Å². The molecule has 150 valence electrons. The highest BCUT2D eigenvalue weighted by Crippen LogP contribution is 2.33. The number of thiazole rings is 2. The van der Waals surface area contributed by atoms with Crippen LogP contribution in [-0.2, 0) is 5.75 Å². The quantitative estimate of drug-likeness (QED) is 0.354. The SMILES string of the molecule is Cc1cn2c(=O)cc(CSc3nc4ccc(NC(=O)c5cccs5)cc4s3)nc2s1. The van der Waals surface area contributed by atoms with E-state index in [1.54, 1.807) is 39.6 Å². The minimum absolute atomic E-state index is 0.0598. The first kappa shape index (κ1) is 19.4. The summed E-state index contributed by atoms with van der Waals surface area (Å²) in [5.74, 6) is 0.463. The number of fused-ring (bicyclic) bond motifs is 2. The lowest BCUT2D eigenvalue weighted by Crippen LogP contribution is -2.12. The van der Waals surface area contributed by atoms with Crippen molar-refractivity contribution in [1.82, 2.24) is 14.4 Å². The molecule has 0 atom stereocenters. The molecule has 0 bridgehead atoms. The molecule has 0 saturated carbocycles. The van der Waals surface area contributed by atoms with Gasteiger partial charge in [0.1, 0.15) is 0 Å². The zero-order valence-corrected chi connectivity index (χ0v) is 18.9. The van der Waals surface area contributed by atoms with E-state index < -0.39 is 0 Å². The predicted octanol–water partition coefficient (Wildman–Crippen LogP) is 5.28. The van der Waals surface area contributed by atoms with Gasteiger partial charge >= 0.3 is 0 Å². The van der Waals surface area contributed by atoms with Crippen molar-refractivity contribution in [3.63, 3.8) is 0 Å². The molecular formula is C20H14N4O2S4. The van der Waals surface area contributed by atoms with E-state index in [9.17, 15) is 9.59 Å². The molecule has 0 unspecified atom stereocenters. The van der Waals surface area contributed by atoms with Crippen molar-refractivity contribution in [3.8, 4) is 0 Å². The van der Waals surface area contributed by atoms with Gasteiger partial charge in [-0.25, -0.2) is 9.97 Å². The Morgan fingerprint density at radius 3 is 2.93 bits per heavy atom. The minimum atomic E-state index is -0.111. The van der Waals surface area contributed by atoms with Gasteiger partial charge in [0.05, 0.1) is 20.8 Å². The van der Waals surface area contributed by atoms with Gasteiger partial charge in [-0.3, -0.25) is 14.0 Å². The lowest BCUT2D eigenvalue weighted by molar-refractivity contribution is 0.103. The molecule has 6 nitrogen and oxygen atoms in total. The molecule has 1 amide bonds. The highest BCUT2D eigenvalue weighted by molar-refractivity contribution is 8.00. The highest BCUT2D eigenvalue weighted by atomic mass is 32.2. The number of amides is 1. The van der Waals surface area contributed by atoms with Crippen molar-refractivity contribution in [2.45, 2.75) is 17.0 Å². The number of carbonyl (C=O) groups excluding carboxylic acids is 1. The lowest BCUT2D eigenvalue weighted by atomic mass is 10.3. The molecule has 0 spiro atoms. The fraction of sp³-hybridized carbons (Fsp3) is 0.100. The monoisotopic (exact) mass is 470 g/mol. The number of aryl methyl sites for hydroxylation is 1. The summed E-state index contributed by atoms with van der Waals surface area (Å²) in [7, 11) is 0. The third-order valence-corrected chi connectivity index (χ3v) is 8.21. The molecule has 0 aliphatic rings. The number of hydrogen-bond acceptors (Lipinski definition) is 8. The van der Waals surface area contributed by atoms with Crippen molar-refractivity contribution in [2.24, 2.45) is 0 Å². The Balaban J connectivity index is 1.33. The van der Waals surface area contributed by atoms with Crippen LogP contribution in [0.2, 0.25) is 0 Å². The van der Waals surface area contributed by atoms with Gasteiger partial charge in [-0.05, 0) is 36.6 Å². The first-order valence-corrected chi connectivity index (χ1v) is 12.4. The van der Waals surface area contributed by atoms with E-state index in [0.29, 0.717) is 15.6 Å². The largest absolute Gasteiger partial charge is 0.321 e. The fourth-order valence-electron chi connectivity index (χ4n) is 2.91. The van der Waals surface area contributed by atoms with Crippen molar-refractivity contribution < 1.29 is 4.79 Å². The fourth-order valence-corrected chi connectivity index (χ4v) is 6.38. The number of thiophene rings is 1. The normalized spacial score (nSPS) is 11.4. The van der Waals surface area contributed by atoms with Gasteiger partial charge in [0.25, 0.3) is 11.5 Å². The van der Waals surface area contributed by atoms with E-state index in [0.717, 1.165) is 30.8 Å². The molecule has 5 aromatic rings. The van der Waals surface area contributed by atoms with Crippen molar-refractivity contribution in [2.75, 3.05) is 5.32 Å². The molecule has 4 aromatic heterocycles. The summed E-state index contributed by atoms with van der Waals surface area (Å²) in [5, 5.41) is 4.81. The second-order valence-corrected chi connectivity index (χ2v) is 10.9. The van der Waals surface area contributed by atoms with Gasteiger partial charge < -0.3 is 5.32 Å². The first-order chi connectivity index (χ1) is 14.5. The number of thioether (sulfide) groups is 1. The van der Waals surface area contributed by atoms with Gasteiger partial charge in [0.2, 0.25) is 0 Å². The molecule has 0 saturated heterocycles. The Morgan fingerprint density at radius 1 is 1.20 bits per heavy atom. The maximum atomic E-state index is 12.2. The van der Waals surface area contributed by atoms with Gasteiger partial charge in [0, 0.05) is 28.6 Å². The number of carbonyl (C=O) groups is 1. The summed E-state index contributed by atoms with van der Waals surface area (Å²) < 4.78 is 3.48. The zero-order chi connectivity index (χ0) is 20.7. The Bertz CT molecular complexity index is 1430. The summed E-state index contributed by atoms with van der Waals surface area (Å²) in [4.78, 5) is 36.2. The van der Waals surface area contributed by atoms with Crippen LogP contribution in [0, 0.1) is 6.92 Å².